The summed E-state index contributed by atoms with van der Waals surface area (Å²) < 4.78 is 44.8. The third-order valence-electron chi connectivity index (χ3n) is 4.42. The van der Waals surface area contributed by atoms with Gasteiger partial charge in [0.2, 0.25) is 5.60 Å². The molecule has 4 N–H and O–H groups in total. The van der Waals surface area contributed by atoms with E-state index in [0.717, 1.165) is 6.07 Å². The number of alkyl halides is 3. The van der Waals surface area contributed by atoms with Gasteiger partial charge >= 0.3 is 12.2 Å². The van der Waals surface area contributed by atoms with Gasteiger partial charge in [0.15, 0.2) is 0 Å². The second kappa shape index (κ2) is 7.65. The van der Waals surface area contributed by atoms with Gasteiger partial charge in [-0.05, 0) is 44.7 Å². The molecule has 2 rings (SSSR count). The highest BCUT2D eigenvalue weighted by atomic mass is 19.4. The largest absolute Gasteiger partial charge is 0.463 e. The van der Waals surface area contributed by atoms with Gasteiger partial charge in [-0.3, -0.25) is 0 Å². The normalized spacial score (nSPS) is 23.8. The van der Waals surface area contributed by atoms with Crippen molar-refractivity contribution in [2.24, 2.45) is 0 Å². The highest BCUT2D eigenvalue weighted by Gasteiger charge is 2.56. The minimum Gasteiger partial charge on any atom is -0.463 e. The summed E-state index contributed by atoms with van der Waals surface area (Å²) in [6.07, 6.45) is -3.67. The molecule has 1 aliphatic carbocycles. The third kappa shape index (κ3) is 4.88. The Labute approximate surface area is 143 Å². The minimum atomic E-state index is -4.94. The summed E-state index contributed by atoms with van der Waals surface area (Å²) in [7, 11) is 0. The maximum atomic E-state index is 13.3. The highest BCUT2D eigenvalue weighted by Crippen LogP contribution is 2.42. The van der Waals surface area contributed by atoms with Gasteiger partial charge in [-0.1, -0.05) is 0 Å². The lowest BCUT2D eigenvalue weighted by Gasteiger charge is -2.29. The van der Waals surface area contributed by atoms with E-state index in [1.165, 1.54) is 13.0 Å². The van der Waals surface area contributed by atoms with Crippen LogP contribution in [0.25, 0.3) is 0 Å². The monoisotopic (exact) mass is 364 g/mol. The van der Waals surface area contributed by atoms with Crippen molar-refractivity contribution in [2.45, 2.75) is 63.0 Å². The lowest BCUT2D eigenvalue weighted by Crippen LogP contribution is -2.48. The van der Waals surface area contributed by atoms with Gasteiger partial charge in [0.25, 0.3) is 0 Å². The van der Waals surface area contributed by atoms with Gasteiger partial charge in [0.05, 0.1) is 6.10 Å². The Bertz CT molecular complexity index is 582. The Morgan fingerprint density at radius 3 is 2.44 bits per heavy atom. The van der Waals surface area contributed by atoms with E-state index in [9.17, 15) is 28.2 Å². The molecule has 0 unspecified atom stereocenters. The van der Waals surface area contributed by atoms with Gasteiger partial charge in [-0.25, -0.2) is 4.79 Å². The topological polar surface area (TPSA) is 94.7 Å². The van der Waals surface area contributed by atoms with Crippen molar-refractivity contribution in [1.82, 2.24) is 10.6 Å². The first kappa shape index (κ1) is 19.6. The van der Waals surface area contributed by atoms with Crippen molar-refractivity contribution in [2.75, 3.05) is 6.54 Å². The first-order chi connectivity index (χ1) is 11.6. The number of carbonyl (C=O) groups is 1. The Balaban J connectivity index is 1.88. The number of aliphatic hydroxyl groups excluding tert-OH is 1. The average Bonchev–Trinajstić information content (AvgIpc) is 2.95. The predicted molar refractivity (Wildman–Crippen MR) is 82.8 cm³/mol. The molecule has 0 aliphatic heterocycles. The molecule has 0 aromatic carbocycles. The smallest absolute Gasteiger partial charge is 0.424 e. The number of aryl methyl sites for hydroxylation is 1. The summed E-state index contributed by atoms with van der Waals surface area (Å²) in [4.78, 5) is 11.8. The van der Waals surface area contributed by atoms with Crippen molar-refractivity contribution < 1.29 is 32.6 Å². The summed E-state index contributed by atoms with van der Waals surface area (Å²) in [5.41, 5.74) is -3.16. The van der Waals surface area contributed by atoms with E-state index in [2.05, 4.69) is 10.6 Å². The zero-order valence-corrected chi connectivity index (χ0v) is 13.9. The molecule has 25 heavy (non-hydrogen) atoms. The van der Waals surface area contributed by atoms with Crippen LogP contribution in [0.5, 0.6) is 0 Å². The first-order valence-electron chi connectivity index (χ1n) is 8.20. The van der Waals surface area contributed by atoms with Crippen molar-refractivity contribution in [1.29, 1.82) is 0 Å². The summed E-state index contributed by atoms with van der Waals surface area (Å²) in [6.45, 7) is 1.10. The van der Waals surface area contributed by atoms with Crippen LogP contribution in [0.2, 0.25) is 0 Å². The highest BCUT2D eigenvalue weighted by molar-refractivity contribution is 5.74. The molecule has 142 valence electrons. The molecule has 1 saturated carbocycles. The molecule has 6 nitrogen and oxygen atoms in total. The number of nitrogens with one attached hydrogen (secondary N) is 2. The fourth-order valence-corrected chi connectivity index (χ4v) is 2.87. The van der Waals surface area contributed by atoms with Crippen LogP contribution in [0.15, 0.2) is 16.5 Å². The number of aliphatic hydroxyl groups is 2. The molecule has 0 radical (unpaired) electrons. The molecule has 1 aliphatic rings. The second-order valence-electron chi connectivity index (χ2n) is 6.42. The summed E-state index contributed by atoms with van der Waals surface area (Å²) in [5.74, 6) is -0.344. The van der Waals surface area contributed by atoms with Crippen LogP contribution in [0.1, 0.15) is 43.6 Å². The zero-order valence-electron chi connectivity index (χ0n) is 13.9. The van der Waals surface area contributed by atoms with Crippen LogP contribution < -0.4 is 10.6 Å². The molecule has 1 heterocycles. The standard InChI is InChI=1S/C16H23F3N2O4/c1-10-2-7-13(25-10)15(24,16(17,18)19)8-9-20-14(23)21-11-3-5-12(22)6-4-11/h2,7,11-12,22,24H,3-6,8-9H2,1H3,(H2,20,21,23)/t11?,12?,15-/m0/s1. The van der Waals surface area contributed by atoms with Crippen LogP contribution in [0.3, 0.4) is 0 Å². The van der Waals surface area contributed by atoms with Gasteiger partial charge in [0.1, 0.15) is 11.5 Å². The molecule has 2 amide bonds. The maximum Gasteiger partial charge on any atom is 0.424 e. The first-order valence-corrected chi connectivity index (χ1v) is 8.20. The van der Waals surface area contributed by atoms with E-state index in [4.69, 9.17) is 4.42 Å². The predicted octanol–water partition coefficient (Wildman–Crippen LogP) is 2.33. The van der Waals surface area contributed by atoms with Crippen LogP contribution in [-0.4, -0.2) is 41.1 Å². The summed E-state index contributed by atoms with van der Waals surface area (Å²) in [6, 6.07) is 1.71. The quantitative estimate of drug-likeness (QED) is 0.645. The van der Waals surface area contributed by atoms with E-state index in [1.807, 2.05) is 0 Å². The SMILES string of the molecule is Cc1ccc([C@@](O)(CCNC(=O)NC2CCC(O)CC2)C(F)(F)F)o1. The van der Waals surface area contributed by atoms with Crippen LogP contribution in [0.4, 0.5) is 18.0 Å². The van der Waals surface area contributed by atoms with E-state index in [0.29, 0.717) is 25.7 Å². The van der Waals surface area contributed by atoms with Gasteiger partial charge in [0, 0.05) is 19.0 Å². The lowest BCUT2D eigenvalue weighted by atomic mass is 9.93. The molecule has 1 aromatic heterocycles. The number of rotatable bonds is 5. The zero-order chi connectivity index (χ0) is 18.7. The Morgan fingerprint density at radius 1 is 1.28 bits per heavy atom. The number of hydrogen-bond donors (Lipinski definition) is 4. The van der Waals surface area contributed by atoms with Crippen molar-refractivity contribution >= 4 is 6.03 Å². The fraction of sp³-hybridized carbons (Fsp3) is 0.688. The fourth-order valence-electron chi connectivity index (χ4n) is 2.87. The molecule has 1 atom stereocenters. The molecule has 0 spiro atoms. The average molecular weight is 364 g/mol. The Kier molecular flexibility index (Phi) is 5.99. The van der Waals surface area contributed by atoms with Crippen molar-refractivity contribution in [3.05, 3.63) is 23.7 Å². The molecule has 1 aromatic rings. The Hall–Kier alpha value is -1.74. The van der Waals surface area contributed by atoms with Gasteiger partial charge in [-0.2, -0.15) is 13.2 Å². The van der Waals surface area contributed by atoms with Crippen LogP contribution >= 0.6 is 0 Å². The second-order valence-corrected chi connectivity index (χ2v) is 6.42. The number of halogens is 3. The number of carbonyl (C=O) groups excluding carboxylic acids is 1. The maximum absolute atomic E-state index is 13.3. The number of hydrogen-bond acceptors (Lipinski definition) is 4. The van der Waals surface area contributed by atoms with Crippen molar-refractivity contribution in [3.63, 3.8) is 0 Å². The van der Waals surface area contributed by atoms with Crippen LogP contribution in [0, 0.1) is 6.92 Å². The molecule has 0 bridgehead atoms. The van der Waals surface area contributed by atoms with Crippen molar-refractivity contribution in [3.8, 4) is 0 Å². The van der Waals surface area contributed by atoms with E-state index in [-0.39, 0.29) is 24.5 Å². The number of urea groups is 1. The van der Waals surface area contributed by atoms with Gasteiger partial charge in [-0.15, -0.1) is 0 Å². The third-order valence-corrected chi connectivity index (χ3v) is 4.42. The number of furan rings is 1. The Morgan fingerprint density at radius 2 is 1.92 bits per heavy atom. The summed E-state index contributed by atoms with van der Waals surface area (Å²) in [5, 5.41) is 24.5. The molecular weight excluding hydrogens is 341 g/mol. The minimum absolute atomic E-state index is 0.113. The summed E-state index contributed by atoms with van der Waals surface area (Å²) >= 11 is 0. The van der Waals surface area contributed by atoms with E-state index < -0.39 is 30.0 Å². The molecule has 1 fully saturated rings. The van der Waals surface area contributed by atoms with Gasteiger partial charge < -0.3 is 25.3 Å². The van der Waals surface area contributed by atoms with E-state index in [1.54, 1.807) is 0 Å². The lowest BCUT2D eigenvalue weighted by molar-refractivity contribution is -0.274. The number of amides is 2. The van der Waals surface area contributed by atoms with Crippen LogP contribution in [-0.2, 0) is 5.60 Å². The van der Waals surface area contributed by atoms with E-state index >= 15 is 0 Å². The molecule has 0 saturated heterocycles. The molecule has 9 heteroatoms. The molecular formula is C16H23F3N2O4.